The molecule has 1 amide bonds. The van der Waals surface area contributed by atoms with Gasteiger partial charge in [0.05, 0.1) is 17.6 Å². The van der Waals surface area contributed by atoms with Crippen molar-refractivity contribution in [3.8, 4) is 5.75 Å². The molecule has 1 aromatic heterocycles. The molecular formula is C20H19N3O4. The van der Waals surface area contributed by atoms with E-state index in [1.165, 1.54) is 18.2 Å². The van der Waals surface area contributed by atoms with Gasteiger partial charge in [-0.25, -0.2) is 0 Å². The number of amides is 1. The third kappa shape index (κ3) is 4.33. The first kappa shape index (κ1) is 18.2. The smallest absolute Gasteiger partial charge is 0.276 e. The largest absolute Gasteiger partial charge is 0.497 e. The maximum absolute atomic E-state index is 12.0. The number of carbonyl (C=O) groups is 1. The van der Waals surface area contributed by atoms with Crippen LogP contribution in [0, 0.1) is 10.1 Å². The minimum Gasteiger partial charge on any atom is -0.497 e. The SMILES string of the molecule is COc1ccc2[nH]cc(CCNC(=O)/C=C/c3ccccc3[N+](=O)[O-])c2c1. The van der Waals surface area contributed by atoms with Crippen molar-refractivity contribution < 1.29 is 14.5 Å². The lowest BCUT2D eigenvalue weighted by molar-refractivity contribution is -0.385. The zero-order valence-electron chi connectivity index (χ0n) is 14.8. The van der Waals surface area contributed by atoms with Crippen molar-refractivity contribution in [2.75, 3.05) is 13.7 Å². The van der Waals surface area contributed by atoms with Crippen LogP contribution in [-0.4, -0.2) is 29.5 Å². The Morgan fingerprint density at radius 1 is 1.30 bits per heavy atom. The summed E-state index contributed by atoms with van der Waals surface area (Å²) in [6.07, 6.45) is 5.32. The van der Waals surface area contributed by atoms with Crippen molar-refractivity contribution in [1.29, 1.82) is 0 Å². The summed E-state index contributed by atoms with van der Waals surface area (Å²) in [5.74, 6) is 0.477. The highest BCUT2D eigenvalue weighted by molar-refractivity contribution is 5.92. The first-order valence-corrected chi connectivity index (χ1v) is 8.42. The third-order valence-corrected chi connectivity index (χ3v) is 4.22. The van der Waals surface area contributed by atoms with E-state index in [2.05, 4.69) is 10.3 Å². The Hall–Kier alpha value is -3.61. The Bertz CT molecular complexity index is 1010. The van der Waals surface area contributed by atoms with E-state index in [0.717, 1.165) is 22.2 Å². The predicted molar refractivity (Wildman–Crippen MR) is 104 cm³/mol. The molecule has 138 valence electrons. The number of ether oxygens (including phenoxy) is 1. The fraction of sp³-hybridized carbons (Fsp3) is 0.150. The maximum atomic E-state index is 12.0. The summed E-state index contributed by atoms with van der Waals surface area (Å²) in [6, 6.07) is 12.1. The average molecular weight is 365 g/mol. The zero-order valence-corrected chi connectivity index (χ0v) is 14.8. The highest BCUT2D eigenvalue weighted by Gasteiger charge is 2.10. The van der Waals surface area contributed by atoms with Gasteiger partial charge in [-0.3, -0.25) is 14.9 Å². The van der Waals surface area contributed by atoms with Gasteiger partial charge in [-0.1, -0.05) is 12.1 Å². The molecule has 1 heterocycles. The van der Waals surface area contributed by atoms with Crippen molar-refractivity contribution in [3.05, 3.63) is 76.0 Å². The van der Waals surface area contributed by atoms with Crippen molar-refractivity contribution >= 4 is 28.6 Å². The van der Waals surface area contributed by atoms with E-state index in [9.17, 15) is 14.9 Å². The molecule has 0 radical (unpaired) electrons. The monoisotopic (exact) mass is 365 g/mol. The maximum Gasteiger partial charge on any atom is 0.276 e. The third-order valence-electron chi connectivity index (χ3n) is 4.22. The van der Waals surface area contributed by atoms with E-state index in [0.29, 0.717) is 18.5 Å². The highest BCUT2D eigenvalue weighted by Crippen LogP contribution is 2.23. The molecule has 7 heteroatoms. The first-order valence-electron chi connectivity index (χ1n) is 8.42. The van der Waals surface area contributed by atoms with E-state index in [4.69, 9.17) is 4.74 Å². The normalized spacial score (nSPS) is 11.0. The van der Waals surface area contributed by atoms with E-state index in [1.54, 1.807) is 25.3 Å². The number of carbonyl (C=O) groups excluding carboxylic acids is 1. The van der Waals surface area contributed by atoms with Crippen LogP contribution in [0.2, 0.25) is 0 Å². The van der Waals surface area contributed by atoms with Gasteiger partial charge >= 0.3 is 0 Å². The van der Waals surface area contributed by atoms with E-state index >= 15 is 0 Å². The topological polar surface area (TPSA) is 97.3 Å². The van der Waals surface area contributed by atoms with Crippen molar-refractivity contribution in [2.24, 2.45) is 0 Å². The highest BCUT2D eigenvalue weighted by atomic mass is 16.6. The summed E-state index contributed by atoms with van der Waals surface area (Å²) in [5, 5.41) is 14.8. The fourth-order valence-corrected chi connectivity index (χ4v) is 2.83. The van der Waals surface area contributed by atoms with Crippen LogP contribution in [0.4, 0.5) is 5.69 Å². The fourth-order valence-electron chi connectivity index (χ4n) is 2.83. The molecule has 0 aliphatic rings. The molecule has 0 fully saturated rings. The predicted octanol–water partition coefficient (Wildman–Crippen LogP) is 3.46. The second-order valence-electron chi connectivity index (χ2n) is 5.92. The molecule has 0 bridgehead atoms. The zero-order chi connectivity index (χ0) is 19.2. The van der Waals surface area contributed by atoms with Gasteiger partial charge in [-0.15, -0.1) is 0 Å². The number of aromatic amines is 1. The lowest BCUT2D eigenvalue weighted by Gasteiger charge is -2.03. The summed E-state index contributed by atoms with van der Waals surface area (Å²) in [7, 11) is 1.62. The number of nitrogens with one attached hydrogen (secondary N) is 2. The van der Waals surface area contributed by atoms with Crippen LogP contribution in [0.15, 0.2) is 54.7 Å². The van der Waals surface area contributed by atoms with Gasteiger partial charge in [0.15, 0.2) is 0 Å². The van der Waals surface area contributed by atoms with E-state index in [1.807, 2.05) is 24.4 Å². The van der Waals surface area contributed by atoms with E-state index < -0.39 is 4.92 Å². The Morgan fingerprint density at radius 2 is 2.11 bits per heavy atom. The molecule has 0 unspecified atom stereocenters. The standard InChI is InChI=1S/C20H19N3O4/c1-27-16-7-8-18-17(12-16)15(13-22-18)10-11-21-20(24)9-6-14-4-2-3-5-19(14)23(25)26/h2-9,12-13,22H,10-11H2,1H3,(H,21,24)/b9-6+. The lowest BCUT2D eigenvalue weighted by atomic mass is 10.1. The first-order chi connectivity index (χ1) is 13.1. The summed E-state index contributed by atoms with van der Waals surface area (Å²) < 4.78 is 5.25. The number of nitrogens with zero attached hydrogens (tertiary/aromatic N) is 1. The number of hydrogen-bond donors (Lipinski definition) is 2. The molecule has 2 aromatic carbocycles. The Balaban J connectivity index is 1.60. The second-order valence-corrected chi connectivity index (χ2v) is 5.92. The summed E-state index contributed by atoms with van der Waals surface area (Å²) in [4.78, 5) is 25.7. The van der Waals surface area contributed by atoms with Crippen LogP contribution < -0.4 is 10.1 Å². The van der Waals surface area contributed by atoms with Crippen molar-refractivity contribution in [2.45, 2.75) is 6.42 Å². The van der Waals surface area contributed by atoms with Crippen LogP contribution in [0.5, 0.6) is 5.75 Å². The number of rotatable bonds is 7. The summed E-state index contributed by atoms with van der Waals surface area (Å²) in [6.45, 7) is 0.449. The van der Waals surface area contributed by atoms with Gasteiger partial charge in [0.1, 0.15) is 5.75 Å². The van der Waals surface area contributed by atoms with Crippen LogP contribution in [0.3, 0.4) is 0 Å². The number of nitro groups is 1. The summed E-state index contributed by atoms with van der Waals surface area (Å²) >= 11 is 0. The Kier molecular flexibility index (Phi) is 5.51. The summed E-state index contributed by atoms with van der Waals surface area (Å²) in [5.41, 5.74) is 2.44. The Morgan fingerprint density at radius 3 is 2.89 bits per heavy atom. The van der Waals surface area contributed by atoms with Crippen LogP contribution in [-0.2, 0) is 11.2 Å². The molecule has 0 saturated carbocycles. The van der Waals surface area contributed by atoms with Gasteiger partial charge in [-0.05, 0) is 42.3 Å². The van der Waals surface area contributed by atoms with Gasteiger partial charge < -0.3 is 15.0 Å². The minimum absolute atomic E-state index is 0.0331. The van der Waals surface area contributed by atoms with Gasteiger partial charge in [0.25, 0.3) is 5.69 Å². The van der Waals surface area contributed by atoms with Crippen molar-refractivity contribution in [3.63, 3.8) is 0 Å². The molecule has 0 aliphatic carbocycles. The minimum atomic E-state index is -0.469. The number of para-hydroxylation sites is 1. The number of hydrogen-bond acceptors (Lipinski definition) is 4. The van der Waals surface area contributed by atoms with Crippen LogP contribution >= 0.6 is 0 Å². The van der Waals surface area contributed by atoms with E-state index in [-0.39, 0.29) is 11.6 Å². The number of nitro benzene ring substituents is 1. The molecule has 0 aliphatic heterocycles. The quantitative estimate of drug-likeness (QED) is 0.381. The molecule has 0 atom stereocenters. The number of fused-ring (bicyclic) bond motifs is 1. The van der Waals surface area contributed by atoms with Gasteiger partial charge in [-0.2, -0.15) is 0 Å². The number of H-pyrrole nitrogens is 1. The van der Waals surface area contributed by atoms with Crippen LogP contribution in [0.1, 0.15) is 11.1 Å². The average Bonchev–Trinajstić information content (AvgIpc) is 3.08. The van der Waals surface area contributed by atoms with Crippen LogP contribution in [0.25, 0.3) is 17.0 Å². The van der Waals surface area contributed by atoms with Gasteiger partial charge in [0.2, 0.25) is 5.91 Å². The molecule has 0 saturated heterocycles. The molecule has 3 aromatic rings. The molecule has 0 spiro atoms. The number of methoxy groups -OCH3 is 1. The molecule has 3 rings (SSSR count). The molecule has 27 heavy (non-hydrogen) atoms. The number of benzene rings is 2. The van der Waals surface area contributed by atoms with Crippen molar-refractivity contribution in [1.82, 2.24) is 10.3 Å². The second kappa shape index (κ2) is 8.18. The Labute approximate surface area is 155 Å². The molecule has 2 N–H and O–H groups in total. The molecular weight excluding hydrogens is 346 g/mol. The molecule has 7 nitrogen and oxygen atoms in total. The lowest BCUT2D eigenvalue weighted by Crippen LogP contribution is -2.23. The number of aromatic nitrogens is 1. The van der Waals surface area contributed by atoms with Gasteiger partial charge in [0, 0.05) is 35.8 Å².